The first-order chi connectivity index (χ1) is 17.9. The van der Waals surface area contributed by atoms with Crippen LogP contribution in [0.2, 0.25) is 0 Å². The van der Waals surface area contributed by atoms with Crippen LogP contribution in [0.1, 0.15) is 46.5 Å². The number of carbonyl (C=O) groups excluding carboxylic acids is 3. The van der Waals surface area contributed by atoms with Gasteiger partial charge in [-0.3, -0.25) is 0 Å². The Morgan fingerprint density at radius 2 is 1.68 bits per heavy atom. The first kappa shape index (κ1) is 27.8. The Hall–Kier alpha value is -1.79. The quantitative estimate of drug-likeness (QED) is 0.183. The first-order valence-corrected chi connectivity index (χ1v) is 14.0. The van der Waals surface area contributed by atoms with Gasteiger partial charge in [0.2, 0.25) is 0 Å². The van der Waals surface area contributed by atoms with Crippen LogP contribution in [-0.4, -0.2) is 88.4 Å². The van der Waals surface area contributed by atoms with E-state index in [1.165, 1.54) is 24.3 Å². The molecule has 2 saturated heterocycles. The van der Waals surface area contributed by atoms with Crippen LogP contribution in [0, 0.1) is 16.7 Å². The lowest BCUT2D eigenvalue weighted by molar-refractivity contribution is -0.266. The zero-order chi connectivity index (χ0) is 27.5. The number of hydrogen-bond acceptors (Lipinski definition) is 10. The maximum absolute atomic E-state index is 13.0. The van der Waals surface area contributed by atoms with E-state index in [0.717, 1.165) is 0 Å². The molecule has 2 saturated carbocycles. The fraction of sp³-hybridized carbons (Fsp3) is 0.741. The monoisotopic (exact) mass is 598 g/mol. The number of hydrogen-bond donors (Lipinski definition) is 2. The number of rotatable bonds is 0. The molecule has 0 radical (unpaired) electrons. The molecule has 10 atom stereocenters. The topological polar surface area (TPSA) is 141 Å². The molecule has 5 rings (SSSR count). The summed E-state index contributed by atoms with van der Waals surface area (Å²) in [6.07, 6.45) is 3.63. The molecule has 2 N–H and O–H groups in total. The number of allylic oxidation sites excluding steroid dienone is 2. The van der Waals surface area contributed by atoms with Gasteiger partial charge in [-0.1, -0.05) is 41.9 Å². The number of alkyl halides is 1. The molecule has 4 fully saturated rings. The Balaban J connectivity index is 1.55. The largest absolute Gasteiger partial charge is 0.463 e. The third kappa shape index (κ3) is 4.16. The maximum atomic E-state index is 13.0. The third-order valence-corrected chi connectivity index (χ3v) is 11.1. The van der Waals surface area contributed by atoms with E-state index in [9.17, 15) is 24.6 Å². The van der Waals surface area contributed by atoms with Gasteiger partial charge in [0, 0.05) is 29.4 Å². The molecule has 0 amide bonds. The van der Waals surface area contributed by atoms with Crippen LogP contribution < -0.4 is 0 Å². The highest BCUT2D eigenvalue weighted by atomic mass is 79.9. The maximum Gasteiger partial charge on any atom is 0.335 e. The fourth-order valence-corrected chi connectivity index (χ4v) is 7.84. The zero-order valence-corrected chi connectivity index (χ0v) is 23.3. The van der Waals surface area contributed by atoms with E-state index in [0.29, 0.717) is 25.9 Å². The van der Waals surface area contributed by atoms with Crippen molar-refractivity contribution in [2.45, 2.75) is 86.9 Å². The molecule has 38 heavy (non-hydrogen) atoms. The van der Waals surface area contributed by atoms with Crippen LogP contribution in [0.4, 0.5) is 0 Å². The van der Waals surface area contributed by atoms with E-state index >= 15 is 0 Å². The molecular formula is C27H35BrO10. The minimum absolute atomic E-state index is 0.00162. The van der Waals surface area contributed by atoms with E-state index in [-0.39, 0.29) is 25.7 Å². The highest BCUT2D eigenvalue weighted by Crippen LogP contribution is 2.73. The van der Waals surface area contributed by atoms with Crippen molar-refractivity contribution in [3.8, 4) is 0 Å². The number of aliphatic hydroxyl groups is 2. The molecule has 0 aromatic carbocycles. The standard InChI is InChI=1S/C27H35BrO10/c1-15-8-11-34-18(29)6-4-5-7-19(30)37-16-12-17-27(14-36-27)25(16,3)26(13-35-23(32)20(15)31)10-9-24(2,33)21(28)22(26)38-17/h4-7,15-17,20-22,31,33H,8-14H2,1-3H3/b6-4-,7-5-/t15-,16-,17-,20+,21-,22-,24-,25-,26-,27+/m1/s1. The van der Waals surface area contributed by atoms with Crippen molar-refractivity contribution in [1.82, 2.24) is 0 Å². The number of carbonyl (C=O) groups is 3. The van der Waals surface area contributed by atoms with Crippen molar-refractivity contribution in [2.75, 3.05) is 19.8 Å². The summed E-state index contributed by atoms with van der Waals surface area (Å²) in [6.45, 7) is 5.72. The average molecular weight is 599 g/mol. The predicted molar refractivity (Wildman–Crippen MR) is 135 cm³/mol. The number of cyclic esters (lactones) is 2. The zero-order valence-electron chi connectivity index (χ0n) is 21.8. The average Bonchev–Trinajstić information content (AvgIpc) is 3.65. The second-order valence-corrected chi connectivity index (χ2v) is 12.7. The second kappa shape index (κ2) is 9.69. The number of aliphatic hydroxyl groups excluding tert-OH is 1. The van der Waals surface area contributed by atoms with Gasteiger partial charge in [0.15, 0.2) is 6.10 Å². The smallest absolute Gasteiger partial charge is 0.335 e. The molecule has 3 aliphatic heterocycles. The SMILES string of the molecule is C[C@@H]1CCOC(=O)/C=C\C=C/C(=O)O[C@@H]2C[C@H]3O[C@@H]4[C@@H](Br)[C@](C)(O)CC[C@]4(COC(=O)[C@H]1O)[C@]2(C)[C@]31CO1. The van der Waals surface area contributed by atoms with Crippen molar-refractivity contribution in [3.05, 3.63) is 24.3 Å². The van der Waals surface area contributed by atoms with Crippen molar-refractivity contribution in [2.24, 2.45) is 16.7 Å². The summed E-state index contributed by atoms with van der Waals surface area (Å²) in [4.78, 5) is 37.3. The number of ether oxygens (including phenoxy) is 5. The van der Waals surface area contributed by atoms with Crippen LogP contribution >= 0.6 is 15.9 Å². The van der Waals surface area contributed by atoms with Gasteiger partial charge < -0.3 is 33.9 Å². The normalized spacial score (nSPS) is 51.1. The highest BCUT2D eigenvalue weighted by Gasteiger charge is 2.84. The van der Waals surface area contributed by atoms with Crippen LogP contribution in [-0.2, 0) is 38.1 Å². The lowest BCUT2D eigenvalue weighted by atomic mass is 9.49. The summed E-state index contributed by atoms with van der Waals surface area (Å²) < 4.78 is 29.6. The Morgan fingerprint density at radius 1 is 1.00 bits per heavy atom. The Bertz CT molecular complexity index is 1050. The van der Waals surface area contributed by atoms with Gasteiger partial charge in [0.05, 0.1) is 35.8 Å². The molecule has 0 unspecified atom stereocenters. The van der Waals surface area contributed by atoms with Crippen LogP contribution in [0.3, 0.4) is 0 Å². The van der Waals surface area contributed by atoms with E-state index < -0.39 is 69.0 Å². The summed E-state index contributed by atoms with van der Waals surface area (Å²) in [6, 6.07) is 0. The third-order valence-electron chi connectivity index (χ3n) is 9.66. The molecular weight excluding hydrogens is 564 g/mol. The van der Waals surface area contributed by atoms with Gasteiger partial charge >= 0.3 is 17.9 Å². The lowest BCUT2D eigenvalue weighted by Crippen LogP contribution is -2.72. The molecule has 5 aliphatic rings. The Labute approximate surface area is 229 Å². The van der Waals surface area contributed by atoms with Crippen molar-refractivity contribution in [3.63, 3.8) is 0 Å². The lowest BCUT2D eigenvalue weighted by Gasteiger charge is -2.62. The Kier molecular flexibility index (Phi) is 7.08. The summed E-state index contributed by atoms with van der Waals surface area (Å²) >= 11 is 3.68. The summed E-state index contributed by atoms with van der Waals surface area (Å²) in [5.41, 5.74) is -3.51. The van der Waals surface area contributed by atoms with Crippen molar-refractivity contribution >= 4 is 33.8 Å². The molecule has 0 aromatic rings. The van der Waals surface area contributed by atoms with E-state index in [1.807, 2.05) is 6.92 Å². The van der Waals surface area contributed by atoms with Gasteiger partial charge in [-0.15, -0.1) is 0 Å². The van der Waals surface area contributed by atoms with Crippen molar-refractivity contribution in [1.29, 1.82) is 0 Å². The molecule has 10 nitrogen and oxygen atoms in total. The summed E-state index contributed by atoms with van der Waals surface area (Å²) in [5.74, 6) is -2.53. The fourth-order valence-electron chi connectivity index (χ4n) is 6.98. The molecule has 11 heteroatoms. The number of halogens is 1. The minimum atomic E-state index is -1.43. The molecule has 0 aromatic heterocycles. The van der Waals surface area contributed by atoms with Gasteiger partial charge in [-0.05, 0) is 32.1 Å². The molecule has 2 spiro atoms. The highest BCUT2D eigenvalue weighted by molar-refractivity contribution is 9.09. The Morgan fingerprint density at radius 3 is 2.37 bits per heavy atom. The van der Waals surface area contributed by atoms with Crippen molar-refractivity contribution < 1.29 is 48.3 Å². The molecule has 2 bridgehead atoms. The molecule has 210 valence electrons. The van der Waals surface area contributed by atoms with Gasteiger partial charge in [0.1, 0.15) is 18.3 Å². The van der Waals surface area contributed by atoms with E-state index in [2.05, 4.69) is 15.9 Å². The molecule has 3 heterocycles. The molecule has 2 aliphatic carbocycles. The minimum Gasteiger partial charge on any atom is -0.463 e. The predicted octanol–water partition coefficient (Wildman–Crippen LogP) is 1.74. The number of esters is 3. The van der Waals surface area contributed by atoms with Gasteiger partial charge in [-0.2, -0.15) is 0 Å². The van der Waals surface area contributed by atoms with Gasteiger partial charge in [0.25, 0.3) is 0 Å². The van der Waals surface area contributed by atoms with Crippen LogP contribution in [0.15, 0.2) is 24.3 Å². The summed E-state index contributed by atoms with van der Waals surface area (Å²) in [7, 11) is 0. The summed E-state index contributed by atoms with van der Waals surface area (Å²) in [5, 5.41) is 21.8. The van der Waals surface area contributed by atoms with E-state index in [4.69, 9.17) is 23.7 Å². The van der Waals surface area contributed by atoms with Gasteiger partial charge in [-0.25, -0.2) is 14.4 Å². The van der Waals surface area contributed by atoms with Crippen LogP contribution in [0.25, 0.3) is 0 Å². The van der Waals surface area contributed by atoms with E-state index in [1.54, 1.807) is 13.8 Å². The number of epoxide rings is 1. The second-order valence-electron chi connectivity index (χ2n) is 11.7. The van der Waals surface area contributed by atoms with Crippen LogP contribution in [0.5, 0.6) is 0 Å². The first-order valence-electron chi connectivity index (χ1n) is 13.1.